The molecular weight excluding hydrogens is 309 g/mol. The Balaban J connectivity index is 1.65. The lowest BCUT2D eigenvalue weighted by atomic mass is 10.1. The second-order valence-corrected chi connectivity index (χ2v) is 7.03. The van der Waals surface area contributed by atoms with Gasteiger partial charge in [-0.25, -0.2) is 0 Å². The van der Waals surface area contributed by atoms with Gasteiger partial charge in [0.1, 0.15) is 4.33 Å². The van der Waals surface area contributed by atoms with Crippen molar-refractivity contribution in [2.75, 3.05) is 13.2 Å². The van der Waals surface area contributed by atoms with Crippen molar-refractivity contribution in [2.45, 2.75) is 36.6 Å². The van der Waals surface area contributed by atoms with Crippen LogP contribution in [-0.4, -0.2) is 34.6 Å². The first-order valence-electron chi connectivity index (χ1n) is 6.19. The van der Waals surface area contributed by atoms with Gasteiger partial charge in [-0.2, -0.15) is 0 Å². The van der Waals surface area contributed by atoms with Crippen molar-refractivity contribution in [1.29, 1.82) is 0 Å². The van der Waals surface area contributed by atoms with Crippen LogP contribution in [0.15, 0.2) is 0 Å². The fourth-order valence-electron chi connectivity index (χ4n) is 1.95. The molecular formula is C11H17Cl2N3O2S. The van der Waals surface area contributed by atoms with Crippen LogP contribution in [0.25, 0.3) is 0 Å². The Morgan fingerprint density at radius 2 is 2.16 bits per heavy atom. The number of halogens is 2. The van der Waals surface area contributed by atoms with Crippen LogP contribution in [0.5, 0.6) is 0 Å². The molecule has 0 unspecified atom stereocenters. The Morgan fingerprint density at radius 1 is 1.47 bits per heavy atom. The van der Waals surface area contributed by atoms with Crippen molar-refractivity contribution in [3.63, 3.8) is 0 Å². The molecule has 1 aliphatic carbocycles. The summed E-state index contributed by atoms with van der Waals surface area (Å²) in [5.74, 6) is -0.265. The molecule has 108 valence electrons. The Bertz CT molecular complexity index is 388. The Kier molecular flexibility index (Phi) is 4.45. The van der Waals surface area contributed by atoms with Crippen LogP contribution < -0.4 is 16.2 Å². The number of hydrogen-bond acceptors (Lipinski definition) is 3. The molecule has 0 aromatic carbocycles. The highest BCUT2D eigenvalue weighted by atomic mass is 35.5. The summed E-state index contributed by atoms with van der Waals surface area (Å²) in [6.07, 6.45) is 2.73. The molecule has 1 saturated heterocycles. The lowest BCUT2D eigenvalue weighted by molar-refractivity contribution is -0.126. The normalized spacial score (nSPS) is 31.6. The van der Waals surface area contributed by atoms with Gasteiger partial charge in [0.15, 0.2) is 5.11 Å². The van der Waals surface area contributed by atoms with E-state index in [4.69, 9.17) is 40.2 Å². The number of amides is 1. The maximum absolute atomic E-state index is 11.9. The van der Waals surface area contributed by atoms with Crippen molar-refractivity contribution in [3.05, 3.63) is 0 Å². The molecule has 3 N–H and O–H groups in total. The van der Waals surface area contributed by atoms with Crippen molar-refractivity contribution in [2.24, 2.45) is 5.41 Å². The standard InChI is InChI=1S/C11H17Cl2N3O2S/c1-10(6-11(10,12)13)8(17)15-16-9(19)14-5-7-3-2-4-18-7/h7H,2-6H2,1H3,(H,15,17)(H2,14,16,19)/t7-,10-/m0/s1. The van der Waals surface area contributed by atoms with E-state index in [1.54, 1.807) is 6.92 Å². The lowest BCUT2D eigenvalue weighted by Crippen LogP contribution is -2.50. The van der Waals surface area contributed by atoms with Crippen LogP contribution in [0, 0.1) is 5.41 Å². The van der Waals surface area contributed by atoms with E-state index in [2.05, 4.69) is 16.2 Å². The van der Waals surface area contributed by atoms with Crippen LogP contribution >= 0.6 is 35.4 Å². The number of hydrazine groups is 1. The van der Waals surface area contributed by atoms with E-state index in [0.717, 1.165) is 19.4 Å². The number of ether oxygens (including phenoxy) is 1. The number of alkyl halides is 2. The molecule has 8 heteroatoms. The van der Waals surface area contributed by atoms with Gasteiger partial charge in [-0.1, -0.05) is 0 Å². The Hall–Kier alpha value is -0.300. The highest BCUT2D eigenvalue weighted by Crippen LogP contribution is 2.63. The minimum absolute atomic E-state index is 0.190. The van der Waals surface area contributed by atoms with Gasteiger partial charge in [-0.3, -0.25) is 15.6 Å². The molecule has 1 amide bonds. The first-order chi connectivity index (χ1) is 8.85. The van der Waals surface area contributed by atoms with Crippen LogP contribution in [0.1, 0.15) is 26.2 Å². The number of carbonyl (C=O) groups is 1. The molecule has 0 radical (unpaired) electrons. The fourth-order valence-corrected chi connectivity index (χ4v) is 2.79. The number of hydrogen-bond donors (Lipinski definition) is 3. The molecule has 1 saturated carbocycles. The van der Waals surface area contributed by atoms with Crippen LogP contribution in [0.3, 0.4) is 0 Å². The smallest absolute Gasteiger partial charge is 0.247 e. The predicted octanol–water partition coefficient (Wildman–Crippen LogP) is 1.24. The highest BCUT2D eigenvalue weighted by molar-refractivity contribution is 7.80. The number of rotatable bonds is 3. The van der Waals surface area contributed by atoms with Gasteiger partial charge in [0.2, 0.25) is 5.91 Å². The highest BCUT2D eigenvalue weighted by Gasteiger charge is 2.68. The van der Waals surface area contributed by atoms with E-state index in [0.29, 0.717) is 18.1 Å². The van der Waals surface area contributed by atoms with Gasteiger partial charge < -0.3 is 10.1 Å². The molecule has 0 aromatic heterocycles. The Labute approximate surface area is 127 Å². The average Bonchev–Trinajstić information content (AvgIpc) is 2.73. The second-order valence-electron chi connectivity index (χ2n) is 5.14. The zero-order valence-electron chi connectivity index (χ0n) is 10.6. The largest absolute Gasteiger partial charge is 0.376 e. The molecule has 2 rings (SSSR count). The van der Waals surface area contributed by atoms with Crippen LogP contribution in [0.4, 0.5) is 0 Å². The average molecular weight is 326 g/mol. The van der Waals surface area contributed by atoms with Gasteiger partial charge in [0.05, 0.1) is 11.5 Å². The molecule has 0 spiro atoms. The van der Waals surface area contributed by atoms with Crippen LogP contribution in [0.2, 0.25) is 0 Å². The molecule has 5 nitrogen and oxygen atoms in total. The molecule has 2 fully saturated rings. The molecule has 1 aliphatic heterocycles. The van der Waals surface area contributed by atoms with E-state index < -0.39 is 9.75 Å². The van der Waals surface area contributed by atoms with Gasteiger partial charge in [-0.05, 0) is 38.4 Å². The van der Waals surface area contributed by atoms with Crippen molar-refractivity contribution < 1.29 is 9.53 Å². The summed E-state index contributed by atoms with van der Waals surface area (Å²) in [4.78, 5) is 11.9. The minimum atomic E-state index is -0.981. The van der Waals surface area contributed by atoms with Crippen molar-refractivity contribution in [1.82, 2.24) is 16.2 Å². The van der Waals surface area contributed by atoms with E-state index in [-0.39, 0.29) is 12.0 Å². The monoisotopic (exact) mass is 325 g/mol. The summed E-state index contributed by atoms with van der Waals surface area (Å²) in [7, 11) is 0. The molecule has 19 heavy (non-hydrogen) atoms. The third-order valence-electron chi connectivity index (χ3n) is 3.56. The molecule has 1 heterocycles. The maximum atomic E-state index is 11.9. The van der Waals surface area contributed by atoms with Gasteiger partial charge >= 0.3 is 0 Å². The Morgan fingerprint density at radius 3 is 2.68 bits per heavy atom. The quantitative estimate of drug-likeness (QED) is 0.414. The number of thiocarbonyl (C=S) groups is 1. The summed E-state index contributed by atoms with van der Waals surface area (Å²) in [5.41, 5.74) is 4.40. The van der Waals surface area contributed by atoms with E-state index >= 15 is 0 Å². The first kappa shape index (κ1) is 15.1. The summed E-state index contributed by atoms with van der Waals surface area (Å²) >= 11 is 16.9. The topological polar surface area (TPSA) is 62.4 Å². The number of carbonyl (C=O) groups excluding carboxylic acids is 1. The zero-order chi connectivity index (χ0) is 14.1. The minimum Gasteiger partial charge on any atom is -0.376 e. The van der Waals surface area contributed by atoms with Gasteiger partial charge in [-0.15, -0.1) is 23.2 Å². The molecule has 2 aliphatic rings. The third-order valence-corrected chi connectivity index (χ3v) is 4.91. The second kappa shape index (κ2) is 5.60. The van der Waals surface area contributed by atoms with E-state index in [1.165, 1.54) is 0 Å². The van der Waals surface area contributed by atoms with Crippen LogP contribution in [-0.2, 0) is 9.53 Å². The summed E-state index contributed by atoms with van der Waals surface area (Å²) < 4.78 is 4.47. The van der Waals surface area contributed by atoms with E-state index in [1.807, 2.05) is 0 Å². The van der Waals surface area contributed by atoms with Crippen molar-refractivity contribution >= 4 is 46.4 Å². The lowest BCUT2D eigenvalue weighted by Gasteiger charge is -2.16. The molecule has 2 atom stereocenters. The first-order valence-corrected chi connectivity index (χ1v) is 7.35. The SMILES string of the molecule is C[C@@]1(C(=O)NNC(=S)NC[C@@H]2CCCO2)CC1(Cl)Cl. The molecule has 0 aromatic rings. The third kappa shape index (κ3) is 3.42. The van der Waals surface area contributed by atoms with Crippen molar-refractivity contribution in [3.8, 4) is 0 Å². The molecule has 0 bridgehead atoms. The zero-order valence-corrected chi connectivity index (χ0v) is 12.9. The summed E-state index contributed by atoms with van der Waals surface area (Å²) in [5, 5.41) is 3.34. The fraction of sp³-hybridized carbons (Fsp3) is 0.818. The maximum Gasteiger partial charge on any atom is 0.247 e. The number of nitrogens with one attached hydrogen (secondary N) is 3. The summed E-state index contributed by atoms with van der Waals surface area (Å²) in [6, 6.07) is 0. The predicted molar refractivity (Wildman–Crippen MR) is 78.0 cm³/mol. The summed E-state index contributed by atoms with van der Waals surface area (Å²) in [6.45, 7) is 3.15. The van der Waals surface area contributed by atoms with E-state index in [9.17, 15) is 4.79 Å². The van der Waals surface area contributed by atoms with Gasteiger partial charge in [0, 0.05) is 13.2 Å². The van der Waals surface area contributed by atoms with Gasteiger partial charge in [0.25, 0.3) is 0 Å².